The van der Waals surface area contributed by atoms with E-state index in [0.717, 1.165) is 42.5 Å². The Kier molecular flexibility index (Phi) is 6.92. The zero-order chi connectivity index (χ0) is 24.4. The molecule has 0 spiro atoms. The zero-order valence-electron chi connectivity index (χ0n) is 20.5. The molecule has 8 heteroatoms. The summed E-state index contributed by atoms with van der Waals surface area (Å²) >= 11 is 5.58. The number of rotatable bonds is 7. The van der Waals surface area contributed by atoms with E-state index in [1.165, 1.54) is 24.1 Å². The predicted molar refractivity (Wildman–Crippen MR) is 143 cm³/mol. The summed E-state index contributed by atoms with van der Waals surface area (Å²) in [5.74, 6) is 2.63. The van der Waals surface area contributed by atoms with E-state index in [-0.39, 0.29) is 0 Å². The molecule has 4 unspecified atom stereocenters. The Labute approximate surface area is 212 Å². The van der Waals surface area contributed by atoms with Gasteiger partial charge in [0.25, 0.3) is 0 Å². The van der Waals surface area contributed by atoms with Crippen molar-refractivity contribution in [1.82, 2.24) is 20.0 Å². The lowest BCUT2D eigenvalue weighted by atomic mass is 9.74. The number of aryl methyl sites for hydroxylation is 1. The van der Waals surface area contributed by atoms with Crippen LogP contribution in [0.25, 0.3) is 11.3 Å². The lowest BCUT2D eigenvalue weighted by Crippen LogP contribution is -2.56. The third-order valence-corrected chi connectivity index (χ3v) is 7.60. The minimum Gasteiger partial charge on any atom is -0.497 e. The van der Waals surface area contributed by atoms with Crippen LogP contribution in [-0.4, -0.2) is 59.7 Å². The molecule has 2 bridgehead atoms. The minimum atomic E-state index is 0.478. The Bertz CT molecular complexity index is 1160. The molecule has 1 aromatic heterocycles. The van der Waals surface area contributed by atoms with Crippen LogP contribution in [0.15, 0.2) is 54.6 Å². The van der Waals surface area contributed by atoms with Crippen molar-refractivity contribution < 1.29 is 9.47 Å². The molecule has 2 N–H and O–H groups in total. The summed E-state index contributed by atoms with van der Waals surface area (Å²) < 4.78 is 12.8. The normalized spacial score (nSPS) is 23.1. The van der Waals surface area contributed by atoms with E-state index >= 15 is 0 Å². The maximum atomic E-state index is 5.58. The average Bonchev–Trinajstić information content (AvgIpc) is 3.29. The molecule has 7 nitrogen and oxygen atoms in total. The van der Waals surface area contributed by atoms with Crippen molar-refractivity contribution in [2.75, 3.05) is 39.2 Å². The Balaban J connectivity index is 1.19. The first kappa shape index (κ1) is 23.6. The number of thiocarbonyl (C=S) groups is 1. The highest BCUT2D eigenvalue weighted by Crippen LogP contribution is 2.42. The summed E-state index contributed by atoms with van der Waals surface area (Å²) in [6.45, 7) is 3.04. The highest BCUT2D eigenvalue weighted by molar-refractivity contribution is 7.80. The number of hydrogen-bond acceptors (Lipinski definition) is 5. The van der Waals surface area contributed by atoms with Gasteiger partial charge in [0, 0.05) is 67.2 Å². The Hall–Kier alpha value is -3.10. The lowest BCUT2D eigenvalue weighted by Gasteiger charge is -2.50. The number of ether oxygens (including phenoxy) is 2. The molecule has 4 atom stereocenters. The minimum absolute atomic E-state index is 0.478. The fourth-order valence-electron chi connectivity index (χ4n) is 5.53. The van der Waals surface area contributed by atoms with Crippen molar-refractivity contribution in [3.05, 3.63) is 60.3 Å². The van der Waals surface area contributed by atoms with E-state index in [9.17, 15) is 0 Å². The quantitative estimate of drug-likeness (QED) is 0.479. The standard InChI is InChI=1S/C27H33N5O2S/c1-31-26(15-25(30-31)18-7-5-4-6-8-18)24-17-32-10-9-19(24)11-21(32)16-28-27(35)29-20-12-22(33-2)14-23(13-20)34-3/h4-8,12-15,19,21,24H,9-11,16-17H2,1-3H3,(H2,28,29,35). The van der Waals surface area contributed by atoms with Crippen LogP contribution >= 0.6 is 12.2 Å². The Morgan fingerprint density at radius 3 is 2.49 bits per heavy atom. The van der Waals surface area contributed by atoms with Crippen LogP contribution in [0.2, 0.25) is 0 Å². The fraction of sp³-hybridized carbons (Fsp3) is 0.407. The van der Waals surface area contributed by atoms with Crippen molar-refractivity contribution in [2.24, 2.45) is 13.0 Å². The monoisotopic (exact) mass is 491 g/mol. The van der Waals surface area contributed by atoms with Gasteiger partial charge in [-0.25, -0.2) is 0 Å². The van der Waals surface area contributed by atoms with E-state index in [2.05, 4.69) is 57.6 Å². The lowest BCUT2D eigenvalue weighted by molar-refractivity contribution is 0.0303. The van der Waals surface area contributed by atoms with E-state index in [4.69, 9.17) is 26.8 Å². The third-order valence-electron chi connectivity index (χ3n) is 7.35. The molecule has 3 aliphatic rings. The number of anilines is 1. The number of fused-ring (bicyclic) bond motifs is 3. The molecular formula is C27H33N5O2S. The van der Waals surface area contributed by atoms with E-state index in [1.807, 2.05) is 24.3 Å². The fourth-order valence-corrected chi connectivity index (χ4v) is 5.73. The van der Waals surface area contributed by atoms with Gasteiger partial charge in [-0.15, -0.1) is 0 Å². The summed E-state index contributed by atoms with van der Waals surface area (Å²) in [4.78, 5) is 2.62. The second-order valence-corrected chi connectivity index (χ2v) is 9.83. The Morgan fingerprint density at radius 2 is 1.83 bits per heavy atom. The van der Waals surface area contributed by atoms with Crippen LogP contribution in [0.5, 0.6) is 11.5 Å². The molecule has 184 valence electrons. The predicted octanol–water partition coefficient (Wildman–Crippen LogP) is 4.27. The molecule has 0 aliphatic carbocycles. The highest BCUT2D eigenvalue weighted by atomic mass is 32.1. The summed E-state index contributed by atoms with van der Waals surface area (Å²) in [5, 5.41) is 12.1. The van der Waals surface area contributed by atoms with Crippen molar-refractivity contribution in [3.8, 4) is 22.8 Å². The van der Waals surface area contributed by atoms with Gasteiger partial charge in [-0.1, -0.05) is 30.3 Å². The summed E-state index contributed by atoms with van der Waals surface area (Å²) in [6.07, 6.45) is 2.40. The van der Waals surface area contributed by atoms with Crippen molar-refractivity contribution in [1.29, 1.82) is 0 Å². The molecule has 35 heavy (non-hydrogen) atoms. The van der Waals surface area contributed by atoms with E-state index in [1.54, 1.807) is 14.2 Å². The number of piperidine rings is 3. The molecule has 3 aromatic rings. The summed E-state index contributed by atoms with van der Waals surface area (Å²) in [6, 6.07) is 18.9. The molecule has 4 heterocycles. The number of nitrogens with zero attached hydrogens (tertiary/aromatic N) is 3. The van der Waals surface area contributed by atoms with Gasteiger partial charge in [0.1, 0.15) is 11.5 Å². The number of nitrogens with one attached hydrogen (secondary N) is 2. The van der Waals surface area contributed by atoms with Gasteiger partial charge in [0.2, 0.25) is 0 Å². The number of aromatic nitrogens is 2. The Morgan fingerprint density at radius 1 is 1.09 bits per heavy atom. The summed E-state index contributed by atoms with van der Waals surface area (Å²) in [7, 11) is 5.36. The number of methoxy groups -OCH3 is 2. The van der Waals surface area contributed by atoms with Gasteiger partial charge in [-0.2, -0.15) is 5.10 Å². The second-order valence-electron chi connectivity index (χ2n) is 9.42. The third kappa shape index (κ3) is 5.13. The average molecular weight is 492 g/mol. The second kappa shape index (κ2) is 10.3. The smallest absolute Gasteiger partial charge is 0.170 e. The molecule has 3 saturated heterocycles. The first-order valence-electron chi connectivity index (χ1n) is 12.2. The molecule has 3 fully saturated rings. The first-order chi connectivity index (χ1) is 17.0. The van der Waals surface area contributed by atoms with Gasteiger partial charge in [-0.3, -0.25) is 9.58 Å². The molecule has 0 radical (unpaired) electrons. The molecule has 0 saturated carbocycles. The van der Waals surface area contributed by atoms with Gasteiger partial charge in [0.05, 0.1) is 19.9 Å². The molecule has 2 aromatic carbocycles. The number of hydrogen-bond donors (Lipinski definition) is 2. The highest BCUT2D eigenvalue weighted by Gasteiger charge is 2.41. The maximum absolute atomic E-state index is 5.58. The number of benzene rings is 2. The molecule has 0 amide bonds. The summed E-state index contributed by atoms with van der Waals surface area (Å²) in [5.41, 5.74) is 4.42. The van der Waals surface area contributed by atoms with Gasteiger partial charge >= 0.3 is 0 Å². The van der Waals surface area contributed by atoms with Crippen LogP contribution < -0.4 is 20.1 Å². The maximum Gasteiger partial charge on any atom is 0.170 e. The first-order valence-corrected chi connectivity index (χ1v) is 12.6. The van der Waals surface area contributed by atoms with Crippen LogP contribution in [0.1, 0.15) is 24.5 Å². The zero-order valence-corrected chi connectivity index (χ0v) is 21.3. The van der Waals surface area contributed by atoms with Gasteiger partial charge < -0.3 is 20.1 Å². The SMILES string of the molecule is COc1cc(NC(=S)NCC2CC3CCN2CC3c2cc(-c3ccccc3)nn2C)cc(OC)c1. The van der Waals surface area contributed by atoms with Gasteiger partial charge in [-0.05, 0) is 43.6 Å². The van der Waals surface area contributed by atoms with Crippen LogP contribution in [0.3, 0.4) is 0 Å². The van der Waals surface area contributed by atoms with Crippen LogP contribution in [-0.2, 0) is 7.05 Å². The topological polar surface area (TPSA) is 63.6 Å². The molecule has 3 aliphatic heterocycles. The van der Waals surface area contributed by atoms with Crippen LogP contribution in [0.4, 0.5) is 5.69 Å². The molecular weight excluding hydrogens is 458 g/mol. The van der Waals surface area contributed by atoms with Gasteiger partial charge in [0.15, 0.2) is 5.11 Å². The van der Waals surface area contributed by atoms with E-state index < -0.39 is 0 Å². The van der Waals surface area contributed by atoms with E-state index in [0.29, 0.717) is 23.0 Å². The van der Waals surface area contributed by atoms with Crippen molar-refractivity contribution >= 4 is 23.0 Å². The largest absolute Gasteiger partial charge is 0.497 e. The molecule has 6 rings (SSSR count). The van der Waals surface area contributed by atoms with Crippen molar-refractivity contribution in [2.45, 2.75) is 24.8 Å². The van der Waals surface area contributed by atoms with Crippen LogP contribution in [0, 0.1) is 5.92 Å². The van der Waals surface area contributed by atoms with Crippen molar-refractivity contribution in [3.63, 3.8) is 0 Å².